The molecular formula is C18H17BrN2O2. The van der Waals surface area contributed by atoms with Gasteiger partial charge in [0.2, 0.25) is 0 Å². The first kappa shape index (κ1) is 15.6. The van der Waals surface area contributed by atoms with Crippen LogP contribution in [-0.2, 0) is 13.0 Å². The molecule has 3 rings (SSSR count). The molecule has 0 aliphatic carbocycles. The second-order valence-corrected chi connectivity index (χ2v) is 6.19. The van der Waals surface area contributed by atoms with E-state index in [2.05, 4.69) is 26.6 Å². The zero-order chi connectivity index (χ0) is 16.1. The van der Waals surface area contributed by atoms with E-state index in [1.807, 2.05) is 48.5 Å². The van der Waals surface area contributed by atoms with Crippen LogP contribution < -0.4 is 10.6 Å². The van der Waals surface area contributed by atoms with Crippen molar-refractivity contribution >= 4 is 32.9 Å². The Morgan fingerprint density at radius 3 is 2.61 bits per heavy atom. The minimum atomic E-state index is -0.165. The zero-order valence-corrected chi connectivity index (χ0v) is 14.1. The van der Waals surface area contributed by atoms with Gasteiger partial charge in [-0.15, -0.1) is 0 Å². The smallest absolute Gasteiger partial charge is 0.315 e. The number of hydrogen-bond acceptors (Lipinski definition) is 2. The van der Waals surface area contributed by atoms with E-state index >= 15 is 0 Å². The number of carbonyl (C=O) groups excluding carboxylic acids is 1. The van der Waals surface area contributed by atoms with Crippen LogP contribution >= 0.6 is 15.9 Å². The number of urea groups is 1. The van der Waals surface area contributed by atoms with Crippen LogP contribution in [0.4, 0.5) is 4.79 Å². The van der Waals surface area contributed by atoms with Gasteiger partial charge in [0.25, 0.3) is 0 Å². The summed E-state index contributed by atoms with van der Waals surface area (Å²) in [4.78, 5) is 11.8. The van der Waals surface area contributed by atoms with Crippen molar-refractivity contribution in [3.8, 4) is 0 Å². The van der Waals surface area contributed by atoms with Crippen LogP contribution in [0.1, 0.15) is 11.1 Å². The van der Waals surface area contributed by atoms with E-state index in [-0.39, 0.29) is 6.03 Å². The molecule has 0 fully saturated rings. The fourth-order valence-corrected chi connectivity index (χ4v) is 2.59. The molecule has 0 radical (unpaired) electrons. The molecule has 2 amide bonds. The minimum Gasteiger partial charge on any atom is -0.464 e. The summed E-state index contributed by atoms with van der Waals surface area (Å²) in [7, 11) is 0. The number of furan rings is 1. The zero-order valence-electron chi connectivity index (χ0n) is 12.5. The number of fused-ring (bicyclic) bond motifs is 1. The maximum atomic E-state index is 11.8. The van der Waals surface area contributed by atoms with Gasteiger partial charge in [0.05, 0.1) is 6.26 Å². The Kier molecular flexibility index (Phi) is 4.98. The van der Waals surface area contributed by atoms with Gasteiger partial charge in [0, 0.05) is 22.9 Å². The first-order valence-corrected chi connectivity index (χ1v) is 8.22. The third-order valence-corrected chi connectivity index (χ3v) is 4.11. The van der Waals surface area contributed by atoms with Gasteiger partial charge in [-0.3, -0.25) is 0 Å². The van der Waals surface area contributed by atoms with Crippen molar-refractivity contribution in [1.82, 2.24) is 10.6 Å². The second kappa shape index (κ2) is 7.33. The Hall–Kier alpha value is -2.27. The van der Waals surface area contributed by atoms with Crippen molar-refractivity contribution in [3.05, 3.63) is 70.4 Å². The molecule has 1 aromatic heterocycles. The van der Waals surface area contributed by atoms with Gasteiger partial charge in [0.15, 0.2) is 0 Å². The van der Waals surface area contributed by atoms with E-state index in [1.54, 1.807) is 6.26 Å². The summed E-state index contributed by atoms with van der Waals surface area (Å²) in [6.07, 6.45) is 2.47. The molecule has 2 N–H and O–H groups in total. The van der Waals surface area contributed by atoms with E-state index in [0.29, 0.717) is 13.1 Å². The fourth-order valence-electron chi connectivity index (χ4n) is 2.33. The highest BCUT2D eigenvalue weighted by molar-refractivity contribution is 9.10. The summed E-state index contributed by atoms with van der Waals surface area (Å²) >= 11 is 3.41. The van der Waals surface area contributed by atoms with Gasteiger partial charge < -0.3 is 15.1 Å². The van der Waals surface area contributed by atoms with Crippen molar-refractivity contribution in [1.29, 1.82) is 0 Å². The van der Waals surface area contributed by atoms with Crippen LogP contribution in [0.15, 0.2) is 63.7 Å². The predicted molar refractivity (Wildman–Crippen MR) is 94.3 cm³/mol. The SMILES string of the molecule is O=C(NCCc1ccc(Br)cc1)NCc1ccc2ccoc2c1. The van der Waals surface area contributed by atoms with Crippen molar-refractivity contribution in [2.24, 2.45) is 0 Å². The number of benzene rings is 2. The highest BCUT2D eigenvalue weighted by Gasteiger charge is 2.03. The van der Waals surface area contributed by atoms with Gasteiger partial charge in [0.1, 0.15) is 5.58 Å². The Bertz CT molecular complexity index is 796. The predicted octanol–water partition coefficient (Wildman–Crippen LogP) is 4.24. The standard InChI is InChI=1S/C18H17BrN2O2/c19-16-5-2-13(3-6-16)7-9-20-18(22)21-12-14-1-4-15-8-10-23-17(15)11-14/h1-6,8,10-11H,7,9,12H2,(H2,20,21,22). The third kappa shape index (κ3) is 4.36. The molecule has 0 spiro atoms. The van der Waals surface area contributed by atoms with Crippen LogP contribution in [0.3, 0.4) is 0 Å². The molecule has 0 aliphatic heterocycles. The van der Waals surface area contributed by atoms with E-state index in [0.717, 1.165) is 27.4 Å². The molecule has 3 aromatic rings. The number of amides is 2. The first-order valence-electron chi connectivity index (χ1n) is 7.43. The summed E-state index contributed by atoms with van der Waals surface area (Å²) < 4.78 is 6.41. The lowest BCUT2D eigenvalue weighted by atomic mass is 10.1. The average molecular weight is 373 g/mol. The highest BCUT2D eigenvalue weighted by atomic mass is 79.9. The molecular weight excluding hydrogens is 356 g/mol. The third-order valence-electron chi connectivity index (χ3n) is 3.59. The van der Waals surface area contributed by atoms with Gasteiger partial charge in [-0.05, 0) is 41.8 Å². The minimum absolute atomic E-state index is 0.165. The molecule has 2 aromatic carbocycles. The Morgan fingerprint density at radius 1 is 1.00 bits per heavy atom. The van der Waals surface area contributed by atoms with E-state index in [1.165, 1.54) is 5.56 Å². The average Bonchev–Trinajstić information content (AvgIpc) is 3.02. The van der Waals surface area contributed by atoms with Gasteiger partial charge in [-0.25, -0.2) is 4.79 Å². The quantitative estimate of drug-likeness (QED) is 0.703. The lowest BCUT2D eigenvalue weighted by molar-refractivity contribution is 0.240. The van der Waals surface area contributed by atoms with Crippen molar-refractivity contribution in [2.75, 3.05) is 6.54 Å². The Morgan fingerprint density at radius 2 is 1.78 bits per heavy atom. The summed E-state index contributed by atoms with van der Waals surface area (Å²) in [5.74, 6) is 0. The molecule has 4 nitrogen and oxygen atoms in total. The second-order valence-electron chi connectivity index (χ2n) is 5.28. The number of carbonyl (C=O) groups is 1. The fraction of sp³-hybridized carbons (Fsp3) is 0.167. The summed E-state index contributed by atoms with van der Waals surface area (Å²) in [5.41, 5.74) is 3.03. The largest absolute Gasteiger partial charge is 0.464 e. The summed E-state index contributed by atoms with van der Waals surface area (Å²) in [6, 6.07) is 15.8. The maximum Gasteiger partial charge on any atom is 0.315 e. The van der Waals surface area contributed by atoms with Crippen molar-refractivity contribution in [3.63, 3.8) is 0 Å². The summed E-state index contributed by atoms with van der Waals surface area (Å²) in [5, 5.41) is 6.78. The van der Waals surface area contributed by atoms with Crippen LogP contribution in [0.2, 0.25) is 0 Å². The lowest BCUT2D eigenvalue weighted by Gasteiger charge is -2.08. The topological polar surface area (TPSA) is 54.3 Å². The van der Waals surface area contributed by atoms with Crippen LogP contribution in [-0.4, -0.2) is 12.6 Å². The van der Waals surface area contributed by atoms with Gasteiger partial charge in [-0.1, -0.05) is 40.2 Å². The monoisotopic (exact) mass is 372 g/mol. The number of nitrogens with one attached hydrogen (secondary N) is 2. The van der Waals surface area contributed by atoms with Gasteiger partial charge in [-0.2, -0.15) is 0 Å². The molecule has 1 heterocycles. The molecule has 0 saturated carbocycles. The van der Waals surface area contributed by atoms with Crippen LogP contribution in [0, 0.1) is 0 Å². The van der Waals surface area contributed by atoms with Crippen molar-refractivity contribution in [2.45, 2.75) is 13.0 Å². The van der Waals surface area contributed by atoms with E-state index in [9.17, 15) is 4.79 Å². The van der Waals surface area contributed by atoms with Crippen LogP contribution in [0.5, 0.6) is 0 Å². The van der Waals surface area contributed by atoms with E-state index in [4.69, 9.17) is 4.42 Å². The number of hydrogen-bond donors (Lipinski definition) is 2. The Balaban J connectivity index is 1.43. The number of halogens is 1. The molecule has 118 valence electrons. The molecule has 0 aliphatic rings. The van der Waals surface area contributed by atoms with E-state index < -0.39 is 0 Å². The van der Waals surface area contributed by atoms with Gasteiger partial charge >= 0.3 is 6.03 Å². The molecule has 0 bridgehead atoms. The number of rotatable bonds is 5. The molecule has 0 saturated heterocycles. The molecule has 0 atom stereocenters. The normalized spacial score (nSPS) is 10.7. The maximum absolute atomic E-state index is 11.8. The first-order chi connectivity index (χ1) is 11.2. The lowest BCUT2D eigenvalue weighted by Crippen LogP contribution is -2.36. The van der Waals surface area contributed by atoms with Crippen LogP contribution in [0.25, 0.3) is 11.0 Å². The Labute approximate surface area is 143 Å². The molecule has 0 unspecified atom stereocenters. The molecule has 23 heavy (non-hydrogen) atoms. The van der Waals surface area contributed by atoms with Crippen molar-refractivity contribution < 1.29 is 9.21 Å². The highest BCUT2D eigenvalue weighted by Crippen LogP contribution is 2.16. The molecule has 5 heteroatoms. The summed E-state index contributed by atoms with van der Waals surface area (Å²) in [6.45, 7) is 1.07.